The van der Waals surface area contributed by atoms with Crippen LogP contribution >= 0.6 is 0 Å². The Morgan fingerprint density at radius 1 is 0.760 bits per heavy atom. The third kappa shape index (κ3) is 3.14. The quantitative estimate of drug-likeness (QED) is 0.588. The van der Waals surface area contributed by atoms with Gasteiger partial charge in [-0.25, -0.2) is 8.78 Å². The molecule has 0 aliphatic heterocycles. The van der Waals surface area contributed by atoms with Crippen LogP contribution in [-0.2, 0) is 0 Å². The Kier molecular flexibility index (Phi) is 4.83. The molecule has 0 aromatic heterocycles. The van der Waals surface area contributed by atoms with Crippen LogP contribution in [-0.4, -0.2) is 13.2 Å². The first-order valence-electron chi connectivity index (χ1n) is 8.03. The molecule has 3 aromatic rings. The highest BCUT2D eigenvalue weighted by Gasteiger charge is 2.20. The van der Waals surface area contributed by atoms with Crippen LogP contribution in [0.3, 0.4) is 0 Å². The fraction of sp³-hybridized carbons (Fsp3) is 0.200. The average Bonchev–Trinajstić information content (AvgIpc) is 2.61. The van der Waals surface area contributed by atoms with E-state index in [9.17, 15) is 13.2 Å². The number of benzene rings is 3. The summed E-state index contributed by atoms with van der Waals surface area (Å²) in [6, 6.07) is 11.2. The topological polar surface area (TPSA) is 18.5 Å². The maximum absolute atomic E-state index is 14.9. The lowest BCUT2D eigenvalue weighted by molar-refractivity contribution is 0.315. The molecule has 25 heavy (non-hydrogen) atoms. The van der Waals surface area contributed by atoms with Crippen LogP contribution in [0.15, 0.2) is 42.5 Å². The van der Waals surface area contributed by atoms with Crippen molar-refractivity contribution in [3.8, 4) is 22.6 Å². The Morgan fingerprint density at radius 2 is 1.44 bits per heavy atom. The van der Waals surface area contributed by atoms with Gasteiger partial charge in [0.05, 0.1) is 18.6 Å². The average molecular weight is 346 g/mol. The van der Waals surface area contributed by atoms with E-state index in [0.29, 0.717) is 17.9 Å². The lowest BCUT2D eigenvalue weighted by atomic mass is 9.99. The molecule has 0 N–H and O–H groups in total. The predicted molar refractivity (Wildman–Crippen MR) is 91.6 cm³/mol. The smallest absolute Gasteiger partial charge is 0.201 e. The minimum Gasteiger partial charge on any atom is -0.494 e. The van der Waals surface area contributed by atoms with Crippen LogP contribution in [0.25, 0.3) is 21.9 Å². The van der Waals surface area contributed by atoms with E-state index in [2.05, 4.69) is 0 Å². The van der Waals surface area contributed by atoms with Gasteiger partial charge in [-0.15, -0.1) is 0 Å². The van der Waals surface area contributed by atoms with Crippen molar-refractivity contribution in [2.45, 2.75) is 13.8 Å². The molecule has 0 atom stereocenters. The van der Waals surface area contributed by atoms with E-state index in [4.69, 9.17) is 9.47 Å². The summed E-state index contributed by atoms with van der Waals surface area (Å²) in [5.74, 6) is -2.80. The fourth-order valence-corrected chi connectivity index (χ4v) is 2.74. The molecule has 0 bridgehead atoms. The van der Waals surface area contributed by atoms with Gasteiger partial charge in [-0.05, 0) is 43.0 Å². The van der Waals surface area contributed by atoms with E-state index < -0.39 is 17.5 Å². The lowest BCUT2D eigenvalue weighted by Crippen LogP contribution is -2.00. The molecule has 2 nitrogen and oxygen atoms in total. The van der Waals surface area contributed by atoms with Crippen molar-refractivity contribution < 1.29 is 22.6 Å². The van der Waals surface area contributed by atoms with Crippen molar-refractivity contribution in [1.82, 2.24) is 0 Å². The molecular formula is C20H17F3O2. The SMILES string of the molecule is CCOc1ccc(-c2ccc3cc(OCC)c(F)c(F)c3c2F)cc1. The molecule has 3 aromatic carbocycles. The Bertz CT molecular complexity index is 905. The van der Waals surface area contributed by atoms with Crippen molar-refractivity contribution in [2.75, 3.05) is 13.2 Å². The van der Waals surface area contributed by atoms with E-state index in [-0.39, 0.29) is 28.7 Å². The number of ether oxygens (including phenoxy) is 2. The summed E-state index contributed by atoms with van der Waals surface area (Å²) >= 11 is 0. The summed E-state index contributed by atoms with van der Waals surface area (Å²) in [6.07, 6.45) is 0. The van der Waals surface area contributed by atoms with E-state index in [0.717, 1.165) is 0 Å². The number of halogens is 3. The highest BCUT2D eigenvalue weighted by molar-refractivity contribution is 5.90. The van der Waals surface area contributed by atoms with Crippen LogP contribution in [0.1, 0.15) is 13.8 Å². The van der Waals surface area contributed by atoms with Crippen LogP contribution in [0.4, 0.5) is 13.2 Å². The van der Waals surface area contributed by atoms with Gasteiger partial charge in [0, 0.05) is 5.56 Å². The van der Waals surface area contributed by atoms with Crippen molar-refractivity contribution in [1.29, 1.82) is 0 Å². The number of hydrogen-bond acceptors (Lipinski definition) is 2. The second-order valence-corrected chi connectivity index (χ2v) is 5.42. The van der Waals surface area contributed by atoms with E-state index in [1.54, 1.807) is 43.3 Å². The fourth-order valence-electron chi connectivity index (χ4n) is 2.74. The zero-order valence-electron chi connectivity index (χ0n) is 13.9. The van der Waals surface area contributed by atoms with E-state index in [1.807, 2.05) is 6.92 Å². The molecule has 0 heterocycles. The predicted octanol–water partition coefficient (Wildman–Crippen LogP) is 5.72. The third-order valence-corrected chi connectivity index (χ3v) is 3.87. The maximum atomic E-state index is 14.9. The van der Waals surface area contributed by atoms with Crippen LogP contribution in [0.2, 0.25) is 0 Å². The van der Waals surface area contributed by atoms with Gasteiger partial charge >= 0.3 is 0 Å². The van der Waals surface area contributed by atoms with Crippen molar-refractivity contribution in [2.24, 2.45) is 0 Å². The van der Waals surface area contributed by atoms with Crippen molar-refractivity contribution in [3.63, 3.8) is 0 Å². The van der Waals surface area contributed by atoms with Gasteiger partial charge in [-0.2, -0.15) is 4.39 Å². The van der Waals surface area contributed by atoms with Crippen LogP contribution < -0.4 is 9.47 Å². The lowest BCUT2D eigenvalue weighted by Gasteiger charge is -2.12. The summed E-state index contributed by atoms with van der Waals surface area (Å²) in [7, 11) is 0. The zero-order chi connectivity index (χ0) is 18.0. The van der Waals surface area contributed by atoms with E-state index in [1.165, 1.54) is 6.07 Å². The van der Waals surface area contributed by atoms with Gasteiger partial charge in [0.1, 0.15) is 11.6 Å². The first-order valence-corrected chi connectivity index (χ1v) is 8.03. The molecular weight excluding hydrogens is 329 g/mol. The molecule has 0 spiro atoms. The maximum Gasteiger partial charge on any atom is 0.201 e. The molecule has 0 aliphatic rings. The standard InChI is InChI=1S/C20H17F3O2/c1-3-24-14-8-5-12(6-9-14)15-10-7-13-11-16(25-4-2)19(22)20(23)17(13)18(15)21/h5-11H,3-4H2,1-2H3. The summed E-state index contributed by atoms with van der Waals surface area (Å²) in [6.45, 7) is 4.24. The van der Waals surface area contributed by atoms with Crippen LogP contribution in [0, 0.1) is 17.5 Å². The third-order valence-electron chi connectivity index (χ3n) is 3.87. The highest BCUT2D eigenvalue weighted by Crippen LogP contribution is 2.35. The second-order valence-electron chi connectivity index (χ2n) is 5.42. The minimum atomic E-state index is -1.24. The molecule has 3 rings (SSSR count). The molecule has 0 saturated carbocycles. The van der Waals surface area contributed by atoms with Gasteiger partial charge in [-0.1, -0.05) is 24.3 Å². The number of hydrogen-bond donors (Lipinski definition) is 0. The summed E-state index contributed by atoms with van der Waals surface area (Å²) in [5, 5.41) is -0.137. The Labute approximate surface area is 143 Å². The largest absolute Gasteiger partial charge is 0.494 e. The van der Waals surface area contributed by atoms with Gasteiger partial charge in [0.25, 0.3) is 0 Å². The first-order chi connectivity index (χ1) is 12.1. The molecule has 0 unspecified atom stereocenters. The number of rotatable bonds is 5. The zero-order valence-corrected chi connectivity index (χ0v) is 13.9. The Morgan fingerprint density at radius 3 is 2.08 bits per heavy atom. The van der Waals surface area contributed by atoms with Gasteiger partial charge in [-0.3, -0.25) is 0 Å². The van der Waals surface area contributed by atoms with E-state index >= 15 is 0 Å². The molecule has 130 valence electrons. The minimum absolute atomic E-state index is 0.189. The molecule has 0 radical (unpaired) electrons. The normalized spacial score (nSPS) is 10.9. The highest BCUT2D eigenvalue weighted by atomic mass is 19.2. The summed E-state index contributed by atoms with van der Waals surface area (Å²) in [5.41, 5.74) is 0.745. The molecule has 0 aliphatic carbocycles. The van der Waals surface area contributed by atoms with Gasteiger partial charge in [0.2, 0.25) is 5.82 Å². The monoisotopic (exact) mass is 346 g/mol. The number of fused-ring (bicyclic) bond motifs is 1. The summed E-state index contributed by atoms with van der Waals surface area (Å²) < 4.78 is 53.8. The molecule has 0 fully saturated rings. The van der Waals surface area contributed by atoms with Gasteiger partial charge < -0.3 is 9.47 Å². The molecule has 0 amide bonds. The molecule has 0 saturated heterocycles. The second kappa shape index (κ2) is 7.05. The summed E-state index contributed by atoms with van der Waals surface area (Å²) in [4.78, 5) is 0. The van der Waals surface area contributed by atoms with Crippen molar-refractivity contribution >= 4 is 10.8 Å². The Balaban J connectivity index is 2.13. The Hall–Kier alpha value is -2.69. The van der Waals surface area contributed by atoms with Crippen LogP contribution in [0.5, 0.6) is 11.5 Å². The molecule has 5 heteroatoms. The van der Waals surface area contributed by atoms with Crippen molar-refractivity contribution in [3.05, 3.63) is 59.9 Å². The first kappa shape index (κ1) is 17.1. The van der Waals surface area contributed by atoms with Gasteiger partial charge in [0.15, 0.2) is 11.6 Å².